The smallest absolute Gasteiger partial charge is 0.345 e. The number of methoxy groups -OCH3 is 2. The van der Waals surface area contributed by atoms with Crippen molar-refractivity contribution in [3.8, 4) is 17.2 Å². The van der Waals surface area contributed by atoms with Crippen LogP contribution in [0.2, 0.25) is 5.02 Å². The Bertz CT molecular complexity index is 1830. The fraction of sp³-hybridized carbons (Fsp3) is 0.528. The molecule has 1 aliphatic carbocycles. The van der Waals surface area contributed by atoms with E-state index in [1.54, 1.807) is 35.2 Å². The number of aryl methyl sites for hydroxylation is 1. The number of hydrogen-bond donors (Lipinski definition) is 0. The molecule has 280 valence electrons. The van der Waals surface area contributed by atoms with Gasteiger partial charge in [0.1, 0.15) is 41.9 Å². The monoisotopic (exact) mass is 747 g/mol. The second kappa shape index (κ2) is 15.6. The van der Waals surface area contributed by atoms with Crippen LogP contribution in [-0.2, 0) is 45.8 Å². The van der Waals surface area contributed by atoms with Crippen LogP contribution in [0.15, 0.2) is 30.3 Å². The summed E-state index contributed by atoms with van der Waals surface area (Å²) in [6.45, 7) is 0.0134. The van der Waals surface area contributed by atoms with E-state index in [0.29, 0.717) is 65.4 Å². The van der Waals surface area contributed by atoms with Gasteiger partial charge in [0.05, 0.1) is 26.2 Å². The Labute approximate surface area is 304 Å². The molecule has 2 amide bonds. The highest BCUT2D eigenvalue weighted by Gasteiger charge is 2.55. The summed E-state index contributed by atoms with van der Waals surface area (Å²) in [4.78, 5) is 44.3. The minimum absolute atomic E-state index is 0.0635. The number of carbonyl (C=O) groups is 3. The molecule has 0 radical (unpaired) electrons. The molecular formula is C36H41ClF3N5O7. The van der Waals surface area contributed by atoms with Crippen molar-refractivity contribution in [3.05, 3.63) is 63.4 Å². The van der Waals surface area contributed by atoms with Crippen molar-refractivity contribution in [2.24, 2.45) is 13.0 Å². The lowest BCUT2D eigenvalue weighted by molar-refractivity contribution is -0.173. The summed E-state index contributed by atoms with van der Waals surface area (Å²) in [5.74, 6) is -2.02. The molecule has 12 nitrogen and oxygen atoms in total. The van der Waals surface area contributed by atoms with Gasteiger partial charge in [0.15, 0.2) is 0 Å². The maximum Gasteiger partial charge on any atom is 0.345 e. The highest BCUT2D eigenvalue weighted by atomic mass is 35.5. The largest absolute Gasteiger partial charge is 0.497 e. The Hall–Kier alpha value is -4.53. The van der Waals surface area contributed by atoms with Crippen LogP contribution < -0.4 is 14.2 Å². The molecule has 0 bridgehead atoms. The first-order valence-corrected chi connectivity index (χ1v) is 17.6. The van der Waals surface area contributed by atoms with Crippen LogP contribution in [0, 0.1) is 5.92 Å². The third-order valence-corrected chi connectivity index (χ3v) is 10.6. The summed E-state index contributed by atoms with van der Waals surface area (Å²) in [7, 11) is 4.32. The quantitative estimate of drug-likeness (QED) is 0.215. The van der Waals surface area contributed by atoms with Crippen molar-refractivity contribution in [2.75, 3.05) is 33.9 Å². The topological polar surface area (TPSA) is 125 Å². The Morgan fingerprint density at radius 3 is 2.56 bits per heavy atom. The summed E-state index contributed by atoms with van der Waals surface area (Å²) in [6.07, 6.45) is -0.794. The summed E-state index contributed by atoms with van der Waals surface area (Å²) in [6, 6.07) is 7.30. The second-order valence-electron chi connectivity index (χ2n) is 13.2. The van der Waals surface area contributed by atoms with Gasteiger partial charge in [-0.2, -0.15) is 0 Å². The number of halogens is 4. The zero-order valence-corrected chi connectivity index (χ0v) is 30.0. The van der Waals surface area contributed by atoms with Crippen molar-refractivity contribution in [1.82, 2.24) is 24.8 Å². The van der Waals surface area contributed by atoms with Gasteiger partial charge in [-0.3, -0.25) is 9.59 Å². The molecule has 3 aromatic rings. The summed E-state index contributed by atoms with van der Waals surface area (Å²) in [5.41, 5.74) is -1.43. The number of rotatable bonds is 12. The van der Waals surface area contributed by atoms with Gasteiger partial charge in [-0.05, 0) is 61.9 Å². The van der Waals surface area contributed by atoms with Crippen molar-refractivity contribution in [1.29, 1.82) is 0 Å². The van der Waals surface area contributed by atoms with E-state index in [-0.39, 0.29) is 62.9 Å². The second-order valence-corrected chi connectivity index (χ2v) is 13.6. The summed E-state index contributed by atoms with van der Waals surface area (Å²) in [5, 5.41) is 7.96. The van der Waals surface area contributed by atoms with Crippen LogP contribution in [0.25, 0.3) is 0 Å². The van der Waals surface area contributed by atoms with Crippen molar-refractivity contribution >= 4 is 29.4 Å². The average molecular weight is 748 g/mol. The van der Waals surface area contributed by atoms with Gasteiger partial charge in [0.2, 0.25) is 17.5 Å². The molecule has 3 heterocycles. The SMILES string of the molecule is COc1ccc(COC(=O)[C@@]2(F)CCCC[C@H]2C(=O)N2CCc3c(Cl)ccc(OCc4nnn(C)c4C(F)F)c3[C@H]2CN2CCCC2=O)c(OC)c1. The molecule has 1 aromatic heterocycles. The van der Waals surface area contributed by atoms with E-state index in [9.17, 15) is 23.2 Å². The van der Waals surface area contributed by atoms with E-state index in [4.69, 9.17) is 30.5 Å². The lowest BCUT2D eigenvalue weighted by Gasteiger charge is -2.44. The van der Waals surface area contributed by atoms with Gasteiger partial charge in [0, 0.05) is 55.3 Å². The molecule has 2 aromatic carbocycles. The molecule has 2 fully saturated rings. The first-order chi connectivity index (χ1) is 25.0. The van der Waals surface area contributed by atoms with Gasteiger partial charge >= 0.3 is 5.97 Å². The van der Waals surface area contributed by atoms with Gasteiger partial charge in [-0.15, -0.1) is 5.10 Å². The molecule has 0 spiro atoms. The van der Waals surface area contributed by atoms with Gasteiger partial charge in [0.25, 0.3) is 6.43 Å². The third-order valence-electron chi connectivity index (χ3n) is 10.3. The number of ether oxygens (including phenoxy) is 4. The van der Waals surface area contributed by atoms with Crippen LogP contribution in [0.5, 0.6) is 17.2 Å². The van der Waals surface area contributed by atoms with Gasteiger partial charge in [-0.1, -0.05) is 23.2 Å². The zero-order chi connectivity index (χ0) is 37.2. The van der Waals surface area contributed by atoms with Crippen LogP contribution in [0.4, 0.5) is 13.2 Å². The number of aromatic nitrogens is 3. The van der Waals surface area contributed by atoms with E-state index in [0.717, 1.165) is 4.68 Å². The molecule has 52 heavy (non-hydrogen) atoms. The van der Waals surface area contributed by atoms with E-state index in [1.165, 1.54) is 26.2 Å². The Balaban J connectivity index is 1.30. The predicted molar refractivity (Wildman–Crippen MR) is 181 cm³/mol. The van der Waals surface area contributed by atoms with Crippen molar-refractivity contribution < 1.29 is 46.5 Å². The maximum absolute atomic E-state index is 17.1. The maximum atomic E-state index is 17.1. The van der Waals surface area contributed by atoms with Gasteiger partial charge in [-0.25, -0.2) is 22.6 Å². The highest BCUT2D eigenvalue weighted by Crippen LogP contribution is 2.45. The first kappa shape index (κ1) is 37.2. The van der Waals surface area contributed by atoms with Crippen LogP contribution >= 0.6 is 11.6 Å². The van der Waals surface area contributed by atoms with E-state index >= 15 is 4.39 Å². The number of amides is 2. The Morgan fingerprint density at radius 2 is 1.85 bits per heavy atom. The molecule has 2 aliphatic heterocycles. The third kappa shape index (κ3) is 7.24. The van der Waals surface area contributed by atoms with E-state index in [1.807, 2.05) is 0 Å². The number of hydrogen-bond acceptors (Lipinski definition) is 9. The lowest BCUT2D eigenvalue weighted by Crippen LogP contribution is -2.55. The molecule has 0 N–H and O–H groups in total. The molecule has 1 saturated heterocycles. The van der Waals surface area contributed by atoms with E-state index < -0.39 is 41.6 Å². The summed E-state index contributed by atoms with van der Waals surface area (Å²) >= 11 is 6.70. The van der Waals surface area contributed by atoms with Crippen molar-refractivity contribution in [3.63, 3.8) is 0 Å². The van der Waals surface area contributed by atoms with Gasteiger partial charge < -0.3 is 28.7 Å². The predicted octanol–water partition coefficient (Wildman–Crippen LogP) is 5.69. The van der Waals surface area contributed by atoms with Crippen LogP contribution in [0.3, 0.4) is 0 Å². The normalized spacial score (nSPS) is 21.7. The minimum atomic E-state index is -2.85. The highest BCUT2D eigenvalue weighted by molar-refractivity contribution is 6.31. The number of fused-ring (bicyclic) bond motifs is 1. The number of carbonyl (C=O) groups excluding carboxylic acids is 3. The molecule has 1 saturated carbocycles. The lowest BCUT2D eigenvalue weighted by atomic mass is 9.75. The standard InChI is InChI=1S/C36H41ClF3N5O7/c1-43-32(33(38)39)26(41-42-43)20-51-28-12-11-25(37)23-13-16-45(27(31(23)28)18-44-15-6-8-30(44)46)34(47)24-7-4-5-14-36(24,40)35(48)52-19-21-9-10-22(49-2)17-29(21)50-3/h9-12,17,24,27,33H,4-8,13-16,18-20H2,1-3H3/t24-,27+,36+/m0/s1. The Kier molecular flexibility index (Phi) is 11.2. The number of nitrogens with zero attached hydrogens (tertiary/aromatic N) is 5. The fourth-order valence-electron chi connectivity index (χ4n) is 7.52. The fourth-order valence-corrected chi connectivity index (χ4v) is 7.78. The zero-order valence-electron chi connectivity index (χ0n) is 29.2. The Morgan fingerprint density at radius 1 is 1.04 bits per heavy atom. The number of benzene rings is 2. The molecule has 16 heteroatoms. The average Bonchev–Trinajstić information content (AvgIpc) is 3.73. The molecule has 3 atom stereocenters. The molecule has 0 unspecified atom stereocenters. The number of alkyl halides is 3. The van der Waals surface area contributed by atoms with Crippen molar-refractivity contribution in [2.45, 2.75) is 76.3 Å². The van der Waals surface area contributed by atoms with Crippen LogP contribution in [0.1, 0.15) is 79.1 Å². The van der Waals surface area contributed by atoms with Crippen LogP contribution in [-0.4, -0.2) is 82.1 Å². The van der Waals surface area contributed by atoms with E-state index in [2.05, 4.69) is 10.3 Å². The molecule has 6 rings (SSSR count). The minimum Gasteiger partial charge on any atom is -0.497 e. The molecule has 3 aliphatic rings. The summed E-state index contributed by atoms with van der Waals surface area (Å²) < 4.78 is 68.0. The number of esters is 1. The first-order valence-electron chi connectivity index (χ1n) is 17.2. The molecular weight excluding hydrogens is 707 g/mol. The number of likely N-dealkylation sites (tertiary alicyclic amines) is 1.